The van der Waals surface area contributed by atoms with Gasteiger partial charge in [-0.2, -0.15) is 0 Å². The maximum absolute atomic E-state index is 12.7. The molecular formula is C77H78BrCl2N13O4S. The molecule has 4 amide bonds. The summed E-state index contributed by atoms with van der Waals surface area (Å²) in [5.74, 6) is -0.175. The number of carbonyl (C=O) groups excluding carboxylic acids is 4. The van der Waals surface area contributed by atoms with Gasteiger partial charge in [0.2, 0.25) is 0 Å². The minimum absolute atomic E-state index is 0.000614. The molecule has 21 heteroatoms. The van der Waals surface area contributed by atoms with Gasteiger partial charge in [-0.25, -0.2) is 0 Å². The maximum Gasteiger partial charge on any atom is 0.251 e. The third-order valence-electron chi connectivity index (χ3n) is 18.3. The highest BCUT2D eigenvalue weighted by Crippen LogP contribution is 2.46. The number of rotatable bonds is 6. The molecule has 0 fully saturated rings. The Bertz CT molecular complexity index is 4630. The molecule has 4 atom stereocenters. The highest BCUT2D eigenvalue weighted by molar-refractivity contribution is 9.11. The number of pyridine rings is 1. The van der Waals surface area contributed by atoms with E-state index in [1.165, 1.54) is 11.1 Å². The molecule has 2 aromatic heterocycles. The Kier molecular flexibility index (Phi) is 18.8. The van der Waals surface area contributed by atoms with Crippen molar-refractivity contribution in [1.82, 2.24) is 26.3 Å². The van der Waals surface area contributed by atoms with Crippen molar-refractivity contribution in [3.05, 3.63) is 262 Å². The zero-order chi connectivity index (χ0) is 68.8. The molecule has 0 radical (unpaired) electrons. The average Bonchev–Trinajstić information content (AvgIpc) is 1.56. The molecule has 17 nitrogen and oxygen atoms in total. The Balaban J connectivity index is 0.000000119. The zero-order valence-electron chi connectivity index (χ0n) is 55.6. The highest BCUT2D eigenvalue weighted by atomic mass is 79.9. The van der Waals surface area contributed by atoms with Gasteiger partial charge in [-0.05, 0) is 146 Å². The number of nitrogens with zero attached hydrogens (tertiary/aromatic N) is 1. The highest BCUT2D eigenvalue weighted by Gasteiger charge is 2.40. The van der Waals surface area contributed by atoms with Crippen molar-refractivity contribution >= 4 is 120 Å². The number of thiophene rings is 1. The topological polar surface area (TPSA) is 226 Å². The summed E-state index contributed by atoms with van der Waals surface area (Å²) in [6.07, 6.45) is 2.79. The summed E-state index contributed by atoms with van der Waals surface area (Å²) in [5, 5.41) is 40.5. The first-order valence-electron chi connectivity index (χ1n) is 32.8. The quantitative estimate of drug-likeness (QED) is 0.0745. The lowest BCUT2D eigenvalue weighted by molar-refractivity contribution is -0.117. The van der Waals surface area contributed by atoms with Gasteiger partial charge in [0.1, 0.15) is 6.04 Å². The summed E-state index contributed by atoms with van der Waals surface area (Å²) >= 11 is 18.7. The first-order chi connectivity index (χ1) is 46.9. The number of halogens is 3. The van der Waals surface area contributed by atoms with E-state index in [-0.39, 0.29) is 64.0 Å². The molecular weight excluding hydrogens is 1350 g/mol. The van der Waals surface area contributed by atoms with Crippen molar-refractivity contribution in [3.8, 4) is 0 Å². The van der Waals surface area contributed by atoms with E-state index < -0.39 is 0 Å². The van der Waals surface area contributed by atoms with Crippen molar-refractivity contribution < 1.29 is 19.2 Å². The van der Waals surface area contributed by atoms with Gasteiger partial charge in [0, 0.05) is 43.9 Å². The van der Waals surface area contributed by atoms with Crippen LogP contribution in [0.3, 0.4) is 0 Å². The summed E-state index contributed by atoms with van der Waals surface area (Å²) in [6, 6.07) is 53.2. The van der Waals surface area contributed by atoms with Crippen LogP contribution in [0.5, 0.6) is 0 Å². The Morgan fingerprint density at radius 2 is 0.786 bits per heavy atom. The predicted octanol–water partition coefficient (Wildman–Crippen LogP) is 16.1. The molecule has 12 N–H and O–H groups in total. The van der Waals surface area contributed by atoms with Crippen molar-refractivity contribution in [3.63, 3.8) is 0 Å². The van der Waals surface area contributed by atoms with Gasteiger partial charge in [0.15, 0.2) is 0 Å². The van der Waals surface area contributed by atoms with E-state index in [4.69, 9.17) is 23.2 Å². The SMILES string of the molecule is CC(C)(C)CC(C)(C)c1ccc(C2Nc3ccccc3NC3=C2C(=O)NC3)c(Cl)c1.CC(C)(C)c1ccc(C2Nc3ccccc3NC3=C2C(=O)NC3)c(Cl)c1.O=C1NCC2=C1C(c1ccc(Br)s1)Nc1ccccc1N2.O=C1NCC2=C1C(c1ccccn1)Nc1ccccc1N2. The minimum atomic E-state index is -0.314. The second kappa shape index (κ2) is 27.4. The summed E-state index contributed by atoms with van der Waals surface area (Å²) in [7, 11) is 0. The second-order valence-electron chi connectivity index (χ2n) is 28.0. The van der Waals surface area contributed by atoms with Crippen molar-refractivity contribution in [2.75, 3.05) is 68.7 Å². The molecule has 98 heavy (non-hydrogen) atoms. The molecule has 8 aliphatic heterocycles. The number of hydrogen-bond acceptors (Lipinski definition) is 14. The third-order valence-corrected chi connectivity index (χ3v) is 20.6. The van der Waals surface area contributed by atoms with Crippen LogP contribution in [0.1, 0.15) is 119 Å². The third kappa shape index (κ3) is 14.1. The fourth-order valence-corrected chi connectivity index (χ4v) is 15.9. The number of aromatic nitrogens is 1. The number of anilines is 8. The number of benzene rings is 6. The molecule has 0 spiro atoms. The lowest BCUT2D eigenvalue weighted by Gasteiger charge is -2.33. The van der Waals surface area contributed by atoms with Crippen LogP contribution in [-0.4, -0.2) is 54.8 Å². The number of hydrogen-bond donors (Lipinski definition) is 12. The van der Waals surface area contributed by atoms with Crippen LogP contribution in [0.4, 0.5) is 45.5 Å². The Hall–Kier alpha value is -9.53. The number of amides is 4. The standard InChI is InChI=1S/C25H30ClN3O.C21H22ClN3O.C16H14N4O.C15H12BrN3OS/c1-24(2,3)14-25(4,5)15-10-11-16(17(26)12-15)22-21-20(13-27-23(21)30)28-18-8-6-7-9-19(18)29-22;1-21(2,3)12-8-9-13(14(22)10-12)19-18-17(11-23-20(18)26)24-15-6-4-5-7-16(15)25-19;21-16-14-13(9-18-16)19-10-5-1-2-6-11(10)20-15(14)12-7-3-4-8-17-12;16-12-6-5-11(21-12)14-13-10(7-17-15(13)20)18-8-3-1-2-4-9(8)19-14/h6-12,22,28-29H,13-14H2,1-5H3,(H,27,30);4-10,19,24-25H,11H2,1-3H3,(H,23,26);1-8,15,19-20H,9H2,(H,18,21);1-6,14,18-19H,7H2,(H,17,20). The Morgan fingerprint density at radius 3 is 1.15 bits per heavy atom. The normalized spacial score (nSPS) is 19.3. The van der Waals surface area contributed by atoms with Gasteiger partial charge in [0.05, 0.1) is 122 Å². The predicted molar refractivity (Wildman–Crippen MR) is 401 cm³/mol. The van der Waals surface area contributed by atoms with Crippen molar-refractivity contribution in [2.24, 2.45) is 5.41 Å². The molecule has 8 aliphatic rings. The van der Waals surface area contributed by atoms with Crippen LogP contribution in [0.2, 0.25) is 10.0 Å². The zero-order valence-corrected chi connectivity index (χ0v) is 59.5. The molecule has 16 rings (SSSR count). The summed E-state index contributed by atoms with van der Waals surface area (Å²) in [4.78, 5) is 55.2. The van der Waals surface area contributed by atoms with Crippen LogP contribution in [-0.2, 0) is 30.0 Å². The molecule has 0 saturated carbocycles. The molecule has 4 unspecified atom stereocenters. The van der Waals surface area contributed by atoms with Gasteiger partial charge in [-0.1, -0.05) is 157 Å². The van der Waals surface area contributed by atoms with Gasteiger partial charge < -0.3 is 63.8 Å². The Morgan fingerprint density at radius 1 is 0.429 bits per heavy atom. The van der Waals surface area contributed by atoms with E-state index in [2.05, 4.69) is 170 Å². The lowest BCUT2D eigenvalue weighted by Crippen LogP contribution is -2.26. The number of para-hydroxylation sites is 8. The maximum atomic E-state index is 12.7. The van der Waals surface area contributed by atoms with E-state index >= 15 is 0 Å². The van der Waals surface area contributed by atoms with Crippen LogP contribution in [0.25, 0.3) is 0 Å². The van der Waals surface area contributed by atoms with E-state index in [1.807, 2.05) is 133 Å². The molecule has 0 saturated heterocycles. The first kappa shape index (κ1) is 67.1. The van der Waals surface area contributed by atoms with Crippen LogP contribution >= 0.6 is 50.5 Å². The van der Waals surface area contributed by atoms with Gasteiger partial charge in [0.25, 0.3) is 23.6 Å². The number of nitrogens with one attached hydrogen (secondary N) is 12. The smallest absolute Gasteiger partial charge is 0.251 e. The molecule has 6 aromatic carbocycles. The summed E-state index contributed by atoms with van der Waals surface area (Å²) in [5.41, 5.74) is 19.6. The summed E-state index contributed by atoms with van der Waals surface area (Å²) in [6.45, 7) is 19.9. The van der Waals surface area contributed by atoms with E-state index in [1.54, 1.807) is 17.5 Å². The van der Waals surface area contributed by atoms with Crippen LogP contribution in [0.15, 0.2) is 219 Å². The van der Waals surface area contributed by atoms with Crippen LogP contribution < -0.4 is 63.8 Å². The van der Waals surface area contributed by atoms with E-state index in [0.29, 0.717) is 52.9 Å². The monoisotopic (exact) mass is 1430 g/mol. The van der Waals surface area contributed by atoms with Crippen molar-refractivity contribution in [1.29, 1.82) is 0 Å². The van der Waals surface area contributed by atoms with Gasteiger partial charge in [-0.15, -0.1) is 11.3 Å². The number of carbonyl (C=O) groups is 4. The largest absolute Gasteiger partial charge is 0.372 e. The molecule has 0 aliphatic carbocycles. The minimum Gasteiger partial charge on any atom is -0.372 e. The molecule has 0 bridgehead atoms. The van der Waals surface area contributed by atoms with Gasteiger partial charge >= 0.3 is 0 Å². The molecule has 10 heterocycles. The average molecular weight is 1430 g/mol. The van der Waals surface area contributed by atoms with Crippen LogP contribution in [0, 0.1) is 5.41 Å². The van der Waals surface area contributed by atoms with E-state index in [0.717, 1.165) is 106 Å². The first-order valence-corrected chi connectivity index (χ1v) is 35.1. The number of fused-ring (bicyclic) bond motifs is 4. The molecule has 502 valence electrons. The fraction of sp³-hybridized carbons (Fsp3) is 0.260. The second-order valence-corrected chi connectivity index (χ2v) is 31.3. The van der Waals surface area contributed by atoms with Crippen molar-refractivity contribution in [2.45, 2.75) is 96.8 Å². The summed E-state index contributed by atoms with van der Waals surface area (Å²) < 4.78 is 1.06. The van der Waals surface area contributed by atoms with Gasteiger partial charge in [-0.3, -0.25) is 24.2 Å². The molecule has 8 aromatic rings. The lowest BCUT2D eigenvalue weighted by atomic mass is 9.72. The Labute approximate surface area is 593 Å². The fourth-order valence-electron chi connectivity index (χ4n) is 13.9. The van der Waals surface area contributed by atoms with E-state index in [9.17, 15) is 19.2 Å².